The van der Waals surface area contributed by atoms with E-state index in [0.717, 1.165) is 57.4 Å². The molecular formula is C24H34Cl2N2O4. The van der Waals surface area contributed by atoms with Crippen molar-refractivity contribution in [1.82, 2.24) is 4.90 Å². The minimum absolute atomic E-state index is 0. The van der Waals surface area contributed by atoms with Gasteiger partial charge < -0.3 is 23.8 Å². The Morgan fingerprint density at radius 2 is 1.75 bits per heavy atom. The van der Waals surface area contributed by atoms with Crippen molar-refractivity contribution in [2.45, 2.75) is 12.5 Å². The van der Waals surface area contributed by atoms with Crippen LogP contribution in [0.5, 0.6) is 11.5 Å². The van der Waals surface area contributed by atoms with Crippen LogP contribution in [0.4, 0.5) is 5.69 Å². The normalized spacial score (nSPS) is 17.8. The third-order valence-electron chi connectivity index (χ3n) is 5.89. The Labute approximate surface area is 203 Å². The van der Waals surface area contributed by atoms with Gasteiger partial charge in [0.1, 0.15) is 6.61 Å². The van der Waals surface area contributed by atoms with Crippen LogP contribution < -0.4 is 14.4 Å². The minimum Gasteiger partial charge on any atom is -0.493 e. The average molecular weight is 485 g/mol. The van der Waals surface area contributed by atoms with Crippen molar-refractivity contribution in [2.75, 3.05) is 71.7 Å². The third-order valence-corrected chi connectivity index (χ3v) is 5.89. The second kappa shape index (κ2) is 13.1. The topological polar surface area (TPSA) is 43.4 Å². The second-order valence-electron chi connectivity index (χ2n) is 7.88. The van der Waals surface area contributed by atoms with E-state index in [4.69, 9.17) is 18.9 Å². The van der Waals surface area contributed by atoms with Crippen LogP contribution in [0.2, 0.25) is 0 Å². The van der Waals surface area contributed by atoms with E-state index in [1.165, 1.54) is 16.8 Å². The molecule has 8 heteroatoms. The van der Waals surface area contributed by atoms with Crippen molar-refractivity contribution < 1.29 is 18.9 Å². The summed E-state index contributed by atoms with van der Waals surface area (Å²) in [6, 6.07) is 15.0. The van der Waals surface area contributed by atoms with Gasteiger partial charge in [-0.05, 0) is 29.3 Å². The van der Waals surface area contributed by atoms with Crippen LogP contribution in [0.1, 0.15) is 17.0 Å². The van der Waals surface area contributed by atoms with Crippen molar-refractivity contribution in [3.8, 4) is 11.5 Å². The fourth-order valence-corrected chi connectivity index (χ4v) is 4.37. The summed E-state index contributed by atoms with van der Waals surface area (Å²) >= 11 is 0. The molecule has 0 amide bonds. The lowest BCUT2D eigenvalue weighted by atomic mass is 10.0. The molecule has 1 saturated heterocycles. The van der Waals surface area contributed by atoms with E-state index in [-0.39, 0.29) is 24.8 Å². The molecule has 0 N–H and O–H groups in total. The predicted molar refractivity (Wildman–Crippen MR) is 132 cm³/mol. The van der Waals surface area contributed by atoms with Crippen molar-refractivity contribution >= 4 is 30.5 Å². The standard InChI is InChI=1S/C24H32N2O4.2ClH/c1-27-13-14-30-23-8-7-19(15-24(23)28-2)16-26-18-20(17-25-9-11-29-12-10-25)21-5-3-4-6-22(21)26;;/h3-8,15,20H,9-14,16-18H2,1-2H3;2*1H. The van der Waals surface area contributed by atoms with Crippen molar-refractivity contribution in [2.24, 2.45) is 0 Å². The first-order valence-electron chi connectivity index (χ1n) is 10.7. The quantitative estimate of drug-likeness (QED) is 0.501. The number of morpholine rings is 1. The first kappa shape index (κ1) is 26.6. The molecule has 2 aliphatic heterocycles. The number of para-hydroxylation sites is 1. The van der Waals surface area contributed by atoms with Gasteiger partial charge in [0.15, 0.2) is 11.5 Å². The number of halogens is 2. The fraction of sp³-hybridized carbons (Fsp3) is 0.500. The first-order chi connectivity index (χ1) is 14.8. The van der Waals surface area contributed by atoms with Crippen LogP contribution in [-0.2, 0) is 16.0 Å². The Morgan fingerprint density at radius 1 is 0.969 bits per heavy atom. The maximum absolute atomic E-state index is 5.77. The molecule has 2 heterocycles. The van der Waals surface area contributed by atoms with Crippen molar-refractivity contribution in [3.63, 3.8) is 0 Å². The van der Waals surface area contributed by atoms with Gasteiger partial charge in [-0.25, -0.2) is 0 Å². The average Bonchev–Trinajstić information content (AvgIpc) is 3.12. The number of ether oxygens (including phenoxy) is 4. The molecule has 1 fully saturated rings. The summed E-state index contributed by atoms with van der Waals surface area (Å²) in [7, 11) is 3.36. The van der Waals surface area contributed by atoms with E-state index in [1.54, 1.807) is 14.2 Å². The van der Waals surface area contributed by atoms with Crippen LogP contribution in [0.15, 0.2) is 42.5 Å². The SMILES string of the molecule is COCCOc1ccc(CN2CC(CN3CCOCC3)c3ccccc32)cc1OC.Cl.Cl. The van der Waals surface area contributed by atoms with Crippen molar-refractivity contribution in [1.29, 1.82) is 0 Å². The number of rotatable bonds is 9. The summed E-state index contributed by atoms with van der Waals surface area (Å²) in [5, 5.41) is 0. The number of hydrogen-bond donors (Lipinski definition) is 0. The Kier molecular flexibility index (Phi) is 10.9. The molecule has 0 bridgehead atoms. The molecule has 2 aromatic carbocycles. The molecule has 0 aromatic heterocycles. The highest BCUT2D eigenvalue weighted by Crippen LogP contribution is 2.38. The van der Waals surface area contributed by atoms with Gasteiger partial charge >= 0.3 is 0 Å². The highest BCUT2D eigenvalue weighted by atomic mass is 35.5. The summed E-state index contributed by atoms with van der Waals surface area (Å²) < 4.78 is 21.9. The van der Waals surface area contributed by atoms with Gasteiger partial charge in [-0.1, -0.05) is 24.3 Å². The zero-order valence-corrected chi connectivity index (χ0v) is 20.5. The molecule has 0 saturated carbocycles. The lowest BCUT2D eigenvalue weighted by molar-refractivity contribution is 0.0356. The molecular weight excluding hydrogens is 451 g/mol. The Hall–Kier alpha value is -1.70. The molecule has 1 unspecified atom stereocenters. The van der Waals surface area contributed by atoms with E-state index >= 15 is 0 Å². The molecule has 0 aliphatic carbocycles. The molecule has 2 aromatic rings. The van der Waals surface area contributed by atoms with Gasteiger partial charge in [0.05, 0.1) is 26.9 Å². The van der Waals surface area contributed by atoms with Crippen LogP contribution in [-0.4, -0.2) is 71.7 Å². The van der Waals surface area contributed by atoms with Crippen LogP contribution >= 0.6 is 24.8 Å². The smallest absolute Gasteiger partial charge is 0.161 e. The van der Waals surface area contributed by atoms with Gasteiger partial charge in [0.2, 0.25) is 0 Å². The molecule has 0 radical (unpaired) electrons. The number of benzene rings is 2. The number of nitrogens with zero attached hydrogens (tertiary/aromatic N) is 2. The molecule has 178 valence electrons. The van der Waals surface area contributed by atoms with Crippen LogP contribution in [0.3, 0.4) is 0 Å². The fourth-order valence-electron chi connectivity index (χ4n) is 4.37. The van der Waals surface area contributed by atoms with Crippen molar-refractivity contribution in [3.05, 3.63) is 53.6 Å². The number of methoxy groups -OCH3 is 2. The molecule has 1 atom stereocenters. The minimum atomic E-state index is 0. The lowest BCUT2D eigenvalue weighted by Gasteiger charge is -2.29. The zero-order valence-electron chi connectivity index (χ0n) is 18.8. The highest BCUT2D eigenvalue weighted by Gasteiger charge is 2.30. The number of hydrogen-bond acceptors (Lipinski definition) is 6. The highest BCUT2D eigenvalue weighted by molar-refractivity contribution is 5.85. The van der Waals surface area contributed by atoms with E-state index in [0.29, 0.717) is 19.1 Å². The zero-order chi connectivity index (χ0) is 20.8. The van der Waals surface area contributed by atoms with Gasteiger partial charge in [0.25, 0.3) is 0 Å². The molecule has 32 heavy (non-hydrogen) atoms. The van der Waals surface area contributed by atoms with E-state index in [2.05, 4.69) is 46.2 Å². The molecule has 6 nitrogen and oxygen atoms in total. The summed E-state index contributed by atoms with van der Waals surface area (Å²) in [6.45, 7) is 7.78. The Morgan fingerprint density at radius 3 is 2.50 bits per heavy atom. The summed E-state index contributed by atoms with van der Waals surface area (Å²) in [5.41, 5.74) is 4.01. The molecule has 2 aliphatic rings. The summed E-state index contributed by atoms with van der Waals surface area (Å²) in [4.78, 5) is 5.02. The predicted octanol–water partition coefficient (Wildman–Crippen LogP) is 4.00. The summed E-state index contributed by atoms with van der Waals surface area (Å²) in [6.07, 6.45) is 0. The largest absolute Gasteiger partial charge is 0.493 e. The maximum atomic E-state index is 5.77. The number of anilines is 1. The Balaban J connectivity index is 0.00000181. The van der Waals surface area contributed by atoms with E-state index < -0.39 is 0 Å². The van der Waals surface area contributed by atoms with Crippen LogP contribution in [0, 0.1) is 0 Å². The van der Waals surface area contributed by atoms with Gasteiger partial charge in [0, 0.05) is 51.4 Å². The summed E-state index contributed by atoms with van der Waals surface area (Å²) in [5.74, 6) is 2.05. The number of fused-ring (bicyclic) bond motifs is 1. The third kappa shape index (κ3) is 6.42. The molecule has 4 rings (SSSR count). The first-order valence-corrected chi connectivity index (χ1v) is 10.7. The molecule has 0 spiro atoms. The monoisotopic (exact) mass is 484 g/mol. The van der Waals surface area contributed by atoms with Gasteiger partial charge in [-0.2, -0.15) is 0 Å². The van der Waals surface area contributed by atoms with E-state index in [9.17, 15) is 0 Å². The van der Waals surface area contributed by atoms with E-state index in [1.807, 2.05) is 6.07 Å². The van der Waals surface area contributed by atoms with Gasteiger partial charge in [-0.3, -0.25) is 4.90 Å². The second-order valence-corrected chi connectivity index (χ2v) is 7.88. The Bertz CT molecular complexity index is 833. The lowest BCUT2D eigenvalue weighted by Crippen LogP contribution is -2.39. The van der Waals surface area contributed by atoms with Crippen LogP contribution in [0.25, 0.3) is 0 Å². The maximum Gasteiger partial charge on any atom is 0.161 e. The van der Waals surface area contributed by atoms with Gasteiger partial charge in [-0.15, -0.1) is 24.8 Å².